The van der Waals surface area contributed by atoms with E-state index in [1.807, 2.05) is 50.2 Å². The largest absolute Gasteiger partial charge is 0.341 e. The van der Waals surface area contributed by atoms with Gasteiger partial charge in [-0.25, -0.2) is 4.79 Å². The summed E-state index contributed by atoms with van der Waals surface area (Å²) in [6.07, 6.45) is 0.667. The van der Waals surface area contributed by atoms with Crippen LogP contribution in [0.5, 0.6) is 0 Å². The van der Waals surface area contributed by atoms with E-state index in [9.17, 15) is 19.2 Å². The molecule has 5 amide bonds. The van der Waals surface area contributed by atoms with Crippen LogP contribution in [0.1, 0.15) is 37.0 Å². The zero-order valence-electron chi connectivity index (χ0n) is 19.7. The second-order valence-corrected chi connectivity index (χ2v) is 9.24. The lowest BCUT2D eigenvalue weighted by molar-refractivity contribution is -0.139. The molecule has 2 aliphatic rings. The number of hydrogen-bond donors (Lipinski definition) is 1. The first-order chi connectivity index (χ1) is 16.3. The zero-order valence-corrected chi connectivity index (χ0v) is 19.7. The number of para-hydroxylation sites is 1. The van der Waals surface area contributed by atoms with Gasteiger partial charge in [-0.05, 0) is 43.0 Å². The van der Waals surface area contributed by atoms with Crippen molar-refractivity contribution in [1.29, 1.82) is 0 Å². The predicted molar refractivity (Wildman–Crippen MR) is 128 cm³/mol. The number of imide groups is 1. The third kappa shape index (κ3) is 4.04. The Morgan fingerprint density at radius 3 is 2.03 bits per heavy atom. The quantitative estimate of drug-likeness (QED) is 0.692. The molecule has 0 bridgehead atoms. The van der Waals surface area contributed by atoms with Crippen LogP contribution in [0.3, 0.4) is 0 Å². The van der Waals surface area contributed by atoms with Crippen molar-refractivity contribution in [3.05, 3.63) is 66.2 Å². The van der Waals surface area contributed by atoms with Gasteiger partial charge in [-0.3, -0.25) is 24.2 Å². The number of hydrogen-bond acceptors (Lipinski definition) is 4. The van der Waals surface area contributed by atoms with Gasteiger partial charge in [0.05, 0.1) is 0 Å². The van der Waals surface area contributed by atoms with E-state index in [1.165, 1.54) is 11.9 Å². The highest BCUT2D eigenvalue weighted by Crippen LogP contribution is 2.40. The zero-order chi connectivity index (χ0) is 24.5. The highest BCUT2D eigenvalue weighted by molar-refractivity contribution is 6.16. The lowest BCUT2D eigenvalue weighted by atomic mass is 9.85. The van der Waals surface area contributed by atoms with Gasteiger partial charge >= 0.3 is 6.03 Å². The molecule has 2 aliphatic heterocycles. The monoisotopic (exact) mass is 462 g/mol. The summed E-state index contributed by atoms with van der Waals surface area (Å²) in [4.78, 5) is 56.7. The first kappa shape index (κ1) is 23.5. The molecule has 0 saturated carbocycles. The smallest absolute Gasteiger partial charge is 0.331 e. The van der Waals surface area contributed by atoms with E-state index in [4.69, 9.17) is 0 Å². The van der Waals surface area contributed by atoms with Gasteiger partial charge in [0.2, 0.25) is 5.91 Å². The second-order valence-electron chi connectivity index (χ2n) is 9.24. The molecule has 4 rings (SSSR count). The summed E-state index contributed by atoms with van der Waals surface area (Å²) in [5, 5.41) is 2.88. The molecule has 2 heterocycles. The van der Waals surface area contributed by atoms with E-state index in [-0.39, 0.29) is 29.7 Å². The summed E-state index contributed by atoms with van der Waals surface area (Å²) in [6.45, 7) is 4.42. The number of carbonyl (C=O) groups excluding carboxylic acids is 4. The Bertz CT molecular complexity index is 1080. The minimum Gasteiger partial charge on any atom is -0.341 e. The van der Waals surface area contributed by atoms with Gasteiger partial charge in [0.15, 0.2) is 0 Å². The summed E-state index contributed by atoms with van der Waals surface area (Å²) >= 11 is 0. The number of likely N-dealkylation sites (N-methyl/N-ethyl adjacent to an activating group) is 1. The van der Waals surface area contributed by atoms with Crippen molar-refractivity contribution in [3.63, 3.8) is 0 Å². The Kier molecular flexibility index (Phi) is 6.41. The number of anilines is 1. The van der Waals surface area contributed by atoms with E-state index in [1.54, 1.807) is 34.1 Å². The summed E-state index contributed by atoms with van der Waals surface area (Å²) in [6, 6.07) is 16.9. The van der Waals surface area contributed by atoms with Crippen LogP contribution in [0.25, 0.3) is 0 Å². The Morgan fingerprint density at radius 1 is 0.912 bits per heavy atom. The molecule has 1 unspecified atom stereocenters. The number of nitrogens with zero attached hydrogens (tertiary/aromatic N) is 3. The molecule has 178 valence electrons. The maximum absolute atomic E-state index is 13.4. The normalized spacial score (nSPS) is 18.5. The molecule has 1 spiro atoms. The van der Waals surface area contributed by atoms with Crippen LogP contribution >= 0.6 is 0 Å². The van der Waals surface area contributed by atoms with Gasteiger partial charge in [-0.2, -0.15) is 0 Å². The second kappa shape index (κ2) is 9.29. The highest BCUT2D eigenvalue weighted by Gasteiger charge is 2.58. The maximum Gasteiger partial charge on any atom is 0.331 e. The van der Waals surface area contributed by atoms with Gasteiger partial charge in [0.1, 0.15) is 11.6 Å². The van der Waals surface area contributed by atoms with Crippen molar-refractivity contribution < 1.29 is 19.2 Å². The molecule has 2 aromatic rings. The Hall–Kier alpha value is -3.68. The number of nitrogens with one attached hydrogen (secondary N) is 1. The van der Waals surface area contributed by atoms with Crippen LogP contribution < -0.4 is 10.2 Å². The van der Waals surface area contributed by atoms with Crippen molar-refractivity contribution in [3.8, 4) is 0 Å². The van der Waals surface area contributed by atoms with Gasteiger partial charge in [0, 0.05) is 31.4 Å². The fourth-order valence-electron chi connectivity index (χ4n) is 4.82. The average molecular weight is 463 g/mol. The summed E-state index contributed by atoms with van der Waals surface area (Å²) in [5.74, 6) is -0.830. The minimum atomic E-state index is -1.01. The number of carbonyl (C=O) groups is 4. The summed E-state index contributed by atoms with van der Waals surface area (Å²) < 4.78 is 0. The summed E-state index contributed by atoms with van der Waals surface area (Å²) in [5.41, 5.74) is 0.153. The van der Waals surface area contributed by atoms with Crippen LogP contribution in [-0.2, 0) is 9.59 Å². The van der Waals surface area contributed by atoms with Crippen molar-refractivity contribution in [2.75, 3.05) is 25.0 Å². The molecule has 34 heavy (non-hydrogen) atoms. The molecule has 1 N–H and O–H groups in total. The number of amides is 5. The molecular weight excluding hydrogens is 432 g/mol. The Morgan fingerprint density at radius 2 is 1.47 bits per heavy atom. The molecule has 0 aromatic heterocycles. The molecule has 0 radical (unpaired) electrons. The number of likely N-dealkylation sites (tertiary alicyclic amines) is 1. The molecule has 8 heteroatoms. The Balaban J connectivity index is 1.51. The lowest BCUT2D eigenvalue weighted by Gasteiger charge is -2.43. The third-order valence-electron chi connectivity index (χ3n) is 6.78. The number of rotatable bonds is 5. The van der Waals surface area contributed by atoms with Gasteiger partial charge in [-0.1, -0.05) is 50.2 Å². The molecule has 2 aromatic carbocycles. The van der Waals surface area contributed by atoms with Crippen molar-refractivity contribution in [2.45, 2.75) is 38.3 Å². The van der Waals surface area contributed by atoms with Crippen molar-refractivity contribution >= 4 is 29.4 Å². The third-order valence-corrected chi connectivity index (χ3v) is 6.78. The first-order valence-electron chi connectivity index (χ1n) is 11.6. The molecule has 1 atom stereocenters. The van der Waals surface area contributed by atoms with Gasteiger partial charge in [0.25, 0.3) is 11.8 Å². The van der Waals surface area contributed by atoms with Crippen LogP contribution in [-0.4, -0.2) is 65.3 Å². The standard InChI is InChI=1S/C26H30N4O4/c1-18(2)21(27-22(31)19-10-6-4-7-11-19)23(32)29-16-14-26(15-17-29)24(33)28(3)25(34)30(26)20-12-8-5-9-13-20/h4-13,18,21H,14-17H2,1-3H3,(H,27,31). The van der Waals surface area contributed by atoms with E-state index in [0.717, 1.165) is 0 Å². The van der Waals surface area contributed by atoms with Crippen LogP contribution in [0.4, 0.5) is 10.5 Å². The number of piperidine rings is 1. The first-order valence-corrected chi connectivity index (χ1v) is 11.6. The summed E-state index contributed by atoms with van der Waals surface area (Å²) in [7, 11) is 1.50. The van der Waals surface area contributed by atoms with Crippen molar-refractivity contribution in [1.82, 2.24) is 15.1 Å². The van der Waals surface area contributed by atoms with Crippen LogP contribution in [0, 0.1) is 5.92 Å². The number of benzene rings is 2. The molecule has 0 aliphatic carbocycles. The molecular formula is C26H30N4O4. The fourth-order valence-corrected chi connectivity index (χ4v) is 4.82. The molecule has 2 fully saturated rings. The average Bonchev–Trinajstić information content (AvgIpc) is 3.04. The van der Waals surface area contributed by atoms with E-state index in [2.05, 4.69) is 5.32 Å². The van der Waals surface area contributed by atoms with Gasteiger partial charge < -0.3 is 10.2 Å². The van der Waals surface area contributed by atoms with Crippen LogP contribution in [0.2, 0.25) is 0 Å². The highest BCUT2D eigenvalue weighted by atomic mass is 16.2. The van der Waals surface area contributed by atoms with E-state index in [0.29, 0.717) is 37.2 Å². The van der Waals surface area contributed by atoms with E-state index >= 15 is 0 Å². The fraction of sp³-hybridized carbons (Fsp3) is 0.385. The molecule has 2 saturated heterocycles. The lowest BCUT2D eigenvalue weighted by Crippen LogP contribution is -2.60. The SMILES string of the molecule is CC(C)C(NC(=O)c1ccccc1)C(=O)N1CCC2(CC1)C(=O)N(C)C(=O)N2c1ccccc1. The Labute approximate surface area is 199 Å². The topological polar surface area (TPSA) is 90.0 Å². The minimum absolute atomic E-state index is 0.113. The van der Waals surface area contributed by atoms with Crippen molar-refractivity contribution in [2.24, 2.45) is 5.92 Å². The number of urea groups is 1. The van der Waals surface area contributed by atoms with Gasteiger partial charge in [-0.15, -0.1) is 0 Å². The van der Waals surface area contributed by atoms with E-state index < -0.39 is 11.6 Å². The predicted octanol–water partition coefficient (Wildman–Crippen LogP) is 2.90. The maximum atomic E-state index is 13.4. The molecule has 8 nitrogen and oxygen atoms in total. The van der Waals surface area contributed by atoms with Crippen LogP contribution in [0.15, 0.2) is 60.7 Å².